The molecule has 2 atom stereocenters. The maximum atomic E-state index is 12.8. The molecule has 1 N–H and O–H groups in total. The first kappa shape index (κ1) is 76.4. The van der Waals surface area contributed by atoms with Gasteiger partial charge in [0.25, 0.3) is 0 Å². The number of methoxy groups -OCH3 is 7. The van der Waals surface area contributed by atoms with Crippen LogP contribution in [-0.2, 0) is 30.7 Å². The number of esters is 1. The average molecular weight is 1490 g/mol. The van der Waals surface area contributed by atoms with Crippen molar-refractivity contribution in [2.45, 2.75) is 39.2 Å². The second-order valence-electron chi connectivity index (χ2n) is 25.8. The molecule has 110 heavy (non-hydrogen) atoms. The van der Waals surface area contributed by atoms with Crippen LogP contribution in [-0.4, -0.2) is 177 Å². The largest absolute Gasteiger partial charge is 0.497 e. The number of rotatable bonds is 28. The summed E-state index contributed by atoms with van der Waals surface area (Å²) in [5.74, 6) is 5.35. The van der Waals surface area contributed by atoms with Crippen molar-refractivity contribution in [1.29, 1.82) is 5.26 Å². The lowest BCUT2D eigenvalue weighted by Crippen LogP contribution is -2.37. The first-order valence-electron chi connectivity index (χ1n) is 35.7. The van der Waals surface area contributed by atoms with Gasteiger partial charge in [-0.15, -0.1) is 0 Å². The Kier molecular flexibility index (Phi) is 24.9. The highest BCUT2D eigenvalue weighted by molar-refractivity contribution is 5.89. The number of carbonyl (C=O) groups excluding carboxylic acids is 1. The lowest BCUT2D eigenvalue weighted by molar-refractivity contribution is -0.144. The lowest BCUT2D eigenvalue weighted by Gasteiger charge is -2.30. The van der Waals surface area contributed by atoms with E-state index in [4.69, 9.17) is 58.1 Å². The molecule has 1 saturated heterocycles. The van der Waals surface area contributed by atoms with E-state index in [1.54, 1.807) is 133 Å². The topological polar surface area (TPSA) is 296 Å². The van der Waals surface area contributed by atoms with Gasteiger partial charge in [-0.05, 0) is 93.7 Å². The molecular formula is C81H88N20O9. The number of fused-ring (bicyclic) bond motifs is 3. The van der Waals surface area contributed by atoms with E-state index in [0.29, 0.717) is 59.1 Å². The molecule has 1 aliphatic rings. The minimum atomic E-state index is -0.622. The molecule has 0 saturated carbocycles. The summed E-state index contributed by atoms with van der Waals surface area (Å²) in [5, 5.41) is 24.8. The zero-order valence-corrected chi connectivity index (χ0v) is 63.6. The van der Waals surface area contributed by atoms with E-state index in [2.05, 4.69) is 90.6 Å². The Balaban J connectivity index is 0.000000155. The predicted octanol–water partition coefficient (Wildman–Crippen LogP) is 12.7. The predicted molar refractivity (Wildman–Crippen MR) is 423 cm³/mol. The molecular weight excluding hydrogens is 1400 g/mol. The van der Waals surface area contributed by atoms with E-state index >= 15 is 0 Å². The number of carbonyl (C=O) groups is 1. The lowest BCUT2D eigenvalue weighted by atomic mass is 10.1. The molecule has 7 aromatic heterocycles. The number of anilines is 7. The fourth-order valence-electron chi connectivity index (χ4n) is 12.8. The Labute approximate surface area is 637 Å². The zero-order valence-electron chi connectivity index (χ0n) is 63.6. The van der Waals surface area contributed by atoms with Crippen LogP contribution < -0.4 is 58.1 Å². The van der Waals surface area contributed by atoms with Gasteiger partial charge in [0.2, 0.25) is 11.8 Å². The molecule has 1 fully saturated rings. The number of nitrogens with one attached hydrogen (secondary N) is 1. The quantitative estimate of drug-likeness (QED) is 0.0352. The molecule has 0 aliphatic carbocycles. The fourth-order valence-corrected chi connectivity index (χ4v) is 12.8. The highest BCUT2D eigenvalue weighted by Gasteiger charge is 2.30. The van der Waals surface area contributed by atoms with Gasteiger partial charge in [-0.25, -0.2) is 24.7 Å². The van der Waals surface area contributed by atoms with Crippen molar-refractivity contribution >= 4 is 79.1 Å². The van der Waals surface area contributed by atoms with E-state index in [1.807, 2.05) is 123 Å². The molecule has 13 aromatic rings. The molecule has 2 unspecified atom stereocenters. The molecule has 0 amide bonds. The maximum absolute atomic E-state index is 12.8. The molecule has 566 valence electrons. The molecule has 0 radical (unpaired) electrons. The van der Waals surface area contributed by atoms with Crippen LogP contribution >= 0.6 is 0 Å². The van der Waals surface area contributed by atoms with Gasteiger partial charge in [-0.3, -0.25) is 29.0 Å². The van der Waals surface area contributed by atoms with Crippen LogP contribution in [0.2, 0.25) is 0 Å². The van der Waals surface area contributed by atoms with Crippen LogP contribution in [0.1, 0.15) is 33.1 Å². The molecule has 0 spiro atoms. The van der Waals surface area contributed by atoms with Crippen LogP contribution in [0.25, 0.3) is 66.9 Å². The number of nitrogens with zero attached hydrogens (tertiary/aromatic N) is 19. The van der Waals surface area contributed by atoms with Crippen molar-refractivity contribution in [2.75, 3.05) is 115 Å². The van der Waals surface area contributed by atoms with Gasteiger partial charge >= 0.3 is 5.97 Å². The van der Waals surface area contributed by atoms with Crippen molar-refractivity contribution < 1.29 is 42.7 Å². The number of nitriles is 1. The van der Waals surface area contributed by atoms with Crippen LogP contribution in [0.15, 0.2) is 177 Å². The Bertz CT molecular complexity index is 5290. The monoisotopic (exact) mass is 1480 g/mol. The Morgan fingerprint density at radius 3 is 1.40 bits per heavy atom. The average Bonchev–Trinajstić information content (AvgIpc) is 1.06. The molecule has 29 heteroatoms. The number of aromatic nitrogens is 14. The third kappa shape index (κ3) is 18.6. The van der Waals surface area contributed by atoms with Crippen LogP contribution in [0, 0.1) is 17.2 Å². The summed E-state index contributed by atoms with van der Waals surface area (Å²) in [6.45, 7) is 8.56. The van der Waals surface area contributed by atoms with Gasteiger partial charge in [0.05, 0.1) is 150 Å². The summed E-state index contributed by atoms with van der Waals surface area (Å²) >= 11 is 0. The van der Waals surface area contributed by atoms with E-state index in [9.17, 15) is 4.79 Å². The van der Waals surface area contributed by atoms with Crippen molar-refractivity contribution in [2.24, 2.45) is 27.1 Å². The van der Waals surface area contributed by atoms with Gasteiger partial charge in [0.1, 0.15) is 40.5 Å². The Hall–Kier alpha value is -13.2. The van der Waals surface area contributed by atoms with Gasteiger partial charge in [0, 0.05) is 197 Å². The van der Waals surface area contributed by atoms with Gasteiger partial charge in [-0.1, -0.05) is 0 Å². The first-order valence-corrected chi connectivity index (χ1v) is 35.7. The summed E-state index contributed by atoms with van der Waals surface area (Å²) in [4.78, 5) is 58.8. The third-order valence-electron chi connectivity index (χ3n) is 18.4. The van der Waals surface area contributed by atoms with E-state index in [0.717, 1.165) is 153 Å². The molecule has 8 heterocycles. The Morgan fingerprint density at radius 1 is 0.518 bits per heavy atom. The highest BCUT2D eigenvalue weighted by atomic mass is 16.5. The number of benzene rings is 6. The number of hydrogen-bond acceptors (Lipinski definition) is 26. The van der Waals surface area contributed by atoms with E-state index in [1.165, 1.54) is 0 Å². The van der Waals surface area contributed by atoms with Crippen molar-refractivity contribution in [3.8, 4) is 80.2 Å². The summed E-state index contributed by atoms with van der Waals surface area (Å²) in [7, 11) is 17.0. The summed E-state index contributed by atoms with van der Waals surface area (Å²) in [6.07, 6.45) is 20.5. The maximum Gasteiger partial charge on any atom is 0.328 e. The summed E-state index contributed by atoms with van der Waals surface area (Å²) in [5.41, 5.74) is 15.0. The normalized spacial score (nSPS) is 12.6. The van der Waals surface area contributed by atoms with Crippen molar-refractivity contribution in [3.63, 3.8) is 0 Å². The second kappa shape index (κ2) is 35.9. The Morgan fingerprint density at radius 2 is 0.964 bits per heavy atom. The first-order chi connectivity index (χ1) is 53.6. The molecule has 29 nitrogen and oxygen atoms in total. The fraction of sp³-hybridized carbons (Fsp3) is 0.296. The third-order valence-corrected chi connectivity index (χ3v) is 18.4. The smallest absolute Gasteiger partial charge is 0.328 e. The summed E-state index contributed by atoms with van der Waals surface area (Å²) in [6, 6.07) is 38.5. The van der Waals surface area contributed by atoms with Crippen molar-refractivity contribution in [3.05, 3.63) is 177 Å². The van der Waals surface area contributed by atoms with Crippen LogP contribution in [0.5, 0.6) is 40.4 Å². The van der Waals surface area contributed by atoms with Gasteiger partial charge in [0.15, 0.2) is 0 Å². The number of aryl methyl sites for hydroxylation is 3. The number of ether oxygens (including phenoxy) is 8. The van der Waals surface area contributed by atoms with E-state index < -0.39 is 6.04 Å². The molecule has 1 aliphatic heterocycles. The minimum Gasteiger partial charge on any atom is -0.497 e. The standard InChI is InChI=1S/C30H32N8O3.C26H29N7O2.C25H27N5O4/c1-36-19-21(15-33-36)28-16-32-26-6-5-22(13-27(26)34-28)38(23-11-24(39-2)14-25(12-23)40-3)18-20-8-10-37(17-20)30-31-9-7-29(35-30)41-4;1-32-18-19(16-30-32)26-17-29-24-7-6-20(14-25(24)31-26)33(11-5-10-28-9-4-8-27)21-12-22(34-2)15-23(13-21)35-3;1-6-34-25(31)16(2)30(19-9-20(32-4)12-21(10-19)33-5)18-7-8-22-23(11-18)28-24(14-26-22)17-13-27-29(3)15-17/h5-7,9,11-16,19-20H,8,10,17-18H2,1-4H3;6-7,12-18,28H,4-5,9-11H2,1-3H3;7-16H,6H2,1-5H3. The molecule has 0 bridgehead atoms. The molecule has 14 rings (SSSR count). The van der Waals surface area contributed by atoms with Crippen molar-refractivity contribution in [1.82, 2.24) is 74.5 Å². The van der Waals surface area contributed by atoms with Gasteiger partial charge in [-0.2, -0.15) is 25.5 Å². The van der Waals surface area contributed by atoms with E-state index in [-0.39, 0.29) is 12.6 Å². The highest BCUT2D eigenvalue weighted by Crippen LogP contribution is 2.40. The number of hydrogen-bond donors (Lipinski definition) is 1. The zero-order chi connectivity index (χ0) is 77.2. The second-order valence-corrected chi connectivity index (χ2v) is 25.8. The summed E-state index contributed by atoms with van der Waals surface area (Å²) < 4.78 is 49.0. The SMILES string of the molecule is CCOC(=O)C(C)N(c1cc(OC)cc(OC)c1)c1ccc2ncc(-c3cnn(C)c3)nc2c1.COc1cc(OC)cc(N(CC2CCN(c3nccc(OC)n3)C2)c2ccc3ncc(-c4cnn(C)c4)nc3c2)c1.COc1cc(OC)cc(N(CCCNCCC#N)c2ccc3ncc(-c4cnn(C)c4)nc3c2)c1. The molecule has 6 aromatic carbocycles. The van der Waals surface area contributed by atoms with Gasteiger partial charge < -0.3 is 62.8 Å². The van der Waals surface area contributed by atoms with Crippen LogP contribution in [0.3, 0.4) is 0 Å². The van der Waals surface area contributed by atoms with Crippen LogP contribution in [0.4, 0.5) is 40.1 Å². The minimum absolute atomic E-state index is 0.288.